The first-order valence-corrected chi connectivity index (χ1v) is 20.4. The number of aromatic amines is 2. The Morgan fingerprint density at radius 1 is 0.814 bits per heavy atom. The SMILES string of the molecule is C=C(NCC(=O)N(CCC)Cc1nc2c(ccc3cc(-c4ccc5c(ccc6[nH]c(CN(CCC)C(=O)[C@@H](c7ccccc7)N(C=O)C7CC7)nc65)c4)ccc32)[nH]1)OC. The summed E-state index contributed by atoms with van der Waals surface area (Å²) in [6.07, 6.45) is 4.26. The second-order valence-corrected chi connectivity index (χ2v) is 15.3. The fourth-order valence-electron chi connectivity index (χ4n) is 8.01. The Kier molecular flexibility index (Phi) is 11.3. The van der Waals surface area contributed by atoms with E-state index in [1.54, 1.807) is 9.80 Å². The fourth-order valence-corrected chi connectivity index (χ4v) is 8.01. The van der Waals surface area contributed by atoms with Crippen LogP contribution in [-0.4, -0.2) is 85.6 Å². The Bertz CT molecular complexity index is 2670. The van der Waals surface area contributed by atoms with Crippen LogP contribution in [0.2, 0.25) is 0 Å². The molecular formula is C47H50N8O4. The molecule has 0 aliphatic heterocycles. The molecule has 2 heterocycles. The molecule has 3 N–H and O–H groups in total. The molecule has 1 aliphatic carbocycles. The summed E-state index contributed by atoms with van der Waals surface area (Å²) in [6, 6.07) is 30.2. The van der Waals surface area contributed by atoms with Crippen LogP contribution in [0.3, 0.4) is 0 Å². The quantitative estimate of drug-likeness (QED) is 0.0592. The number of nitrogens with one attached hydrogen (secondary N) is 3. The number of benzene rings is 5. The number of methoxy groups -OCH3 is 1. The number of imidazole rings is 2. The van der Waals surface area contributed by atoms with E-state index in [2.05, 4.69) is 77.3 Å². The first-order valence-electron chi connectivity index (χ1n) is 20.4. The van der Waals surface area contributed by atoms with Gasteiger partial charge in [0.1, 0.15) is 17.7 Å². The highest BCUT2D eigenvalue weighted by Gasteiger charge is 2.39. The summed E-state index contributed by atoms with van der Waals surface area (Å²) in [6.45, 7) is 9.76. The fraction of sp³-hybridized carbons (Fsp3) is 0.298. The molecule has 1 aliphatic rings. The van der Waals surface area contributed by atoms with E-state index < -0.39 is 6.04 Å². The molecule has 59 heavy (non-hydrogen) atoms. The highest BCUT2D eigenvalue weighted by molar-refractivity contribution is 6.07. The van der Waals surface area contributed by atoms with Gasteiger partial charge in [0.05, 0.1) is 48.8 Å². The summed E-state index contributed by atoms with van der Waals surface area (Å²) >= 11 is 0. The lowest BCUT2D eigenvalue weighted by molar-refractivity contribution is -0.142. The number of hydrogen-bond acceptors (Lipinski definition) is 7. The van der Waals surface area contributed by atoms with Crippen LogP contribution >= 0.6 is 0 Å². The van der Waals surface area contributed by atoms with Gasteiger partial charge in [-0.2, -0.15) is 0 Å². The Balaban J connectivity index is 1.03. The number of amides is 3. The van der Waals surface area contributed by atoms with Gasteiger partial charge in [0.15, 0.2) is 5.88 Å². The first kappa shape index (κ1) is 39.2. The lowest BCUT2D eigenvalue weighted by atomic mass is 9.98. The van der Waals surface area contributed by atoms with Crippen LogP contribution in [0.25, 0.3) is 54.7 Å². The lowest BCUT2D eigenvalue weighted by Gasteiger charge is -2.32. The van der Waals surface area contributed by atoms with Gasteiger partial charge in [-0.1, -0.05) is 80.6 Å². The van der Waals surface area contributed by atoms with Crippen LogP contribution in [0.15, 0.2) is 103 Å². The minimum Gasteiger partial charge on any atom is -0.483 e. The van der Waals surface area contributed by atoms with Crippen molar-refractivity contribution in [1.29, 1.82) is 0 Å². The van der Waals surface area contributed by atoms with Crippen LogP contribution in [0.4, 0.5) is 0 Å². The molecule has 12 nitrogen and oxygen atoms in total. The molecule has 0 unspecified atom stereocenters. The molecule has 1 saturated carbocycles. The molecule has 0 radical (unpaired) electrons. The van der Waals surface area contributed by atoms with Gasteiger partial charge in [0.25, 0.3) is 0 Å². The number of ether oxygens (including phenoxy) is 1. The highest BCUT2D eigenvalue weighted by atomic mass is 16.5. The number of aromatic nitrogens is 4. The van der Waals surface area contributed by atoms with Crippen molar-refractivity contribution in [3.05, 3.63) is 121 Å². The summed E-state index contributed by atoms with van der Waals surface area (Å²) in [5, 5.41) is 7.09. The molecule has 302 valence electrons. The van der Waals surface area contributed by atoms with Gasteiger partial charge < -0.3 is 34.7 Å². The van der Waals surface area contributed by atoms with Gasteiger partial charge in [-0.25, -0.2) is 9.97 Å². The van der Waals surface area contributed by atoms with E-state index in [1.807, 2.05) is 54.3 Å². The molecule has 1 atom stereocenters. The molecule has 12 heteroatoms. The summed E-state index contributed by atoms with van der Waals surface area (Å²) in [7, 11) is 1.51. The van der Waals surface area contributed by atoms with Gasteiger partial charge in [0, 0.05) is 29.9 Å². The monoisotopic (exact) mass is 790 g/mol. The Labute approximate surface area is 343 Å². The van der Waals surface area contributed by atoms with Crippen molar-refractivity contribution in [3.63, 3.8) is 0 Å². The molecule has 2 aromatic heterocycles. The summed E-state index contributed by atoms with van der Waals surface area (Å²) in [5.74, 6) is 1.63. The zero-order chi connectivity index (χ0) is 41.0. The van der Waals surface area contributed by atoms with E-state index in [0.717, 1.165) is 98.2 Å². The number of carbonyl (C=O) groups excluding carboxylic acids is 3. The van der Waals surface area contributed by atoms with Crippen molar-refractivity contribution < 1.29 is 19.1 Å². The number of nitrogens with zero attached hydrogens (tertiary/aromatic N) is 5. The first-order chi connectivity index (χ1) is 28.8. The average Bonchev–Trinajstić information content (AvgIpc) is 3.88. The molecule has 3 amide bonds. The van der Waals surface area contributed by atoms with Crippen molar-refractivity contribution in [2.75, 3.05) is 26.7 Å². The zero-order valence-corrected chi connectivity index (χ0v) is 33.8. The van der Waals surface area contributed by atoms with Crippen molar-refractivity contribution in [3.8, 4) is 11.1 Å². The van der Waals surface area contributed by atoms with E-state index in [0.29, 0.717) is 37.9 Å². The van der Waals surface area contributed by atoms with E-state index in [9.17, 15) is 14.4 Å². The Morgan fingerprint density at radius 2 is 1.37 bits per heavy atom. The Hall–Kier alpha value is -6.69. The standard InChI is InChI=1S/C47H50N8O4/c1-5-22-53(43(57)26-48-30(3)59-4)27-41-49-39-20-14-34-24-32(12-18-37(34)44(39)51-41)33-13-19-38-35(25-33)15-21-40-45(38)52-42(50-40)28-54(23-6-2)47(58)46(31-10-8-7-9-11-31)55(29-56)36-16-17-36/h7-15,18-21,24-25,29,36,46,48H,3,5-6,16-17,22-23,26-28H2,1-2,4H3,(H,49,51)(H,50,52)/t46-/m1/s1. The van der Waals surface area contributed by atoms with Gasteiger partial charge in [-0.3, -0.25) is 14.4 Å². The highest BCUT2D eigenvalue weighted by Crippen LogP contribution is 2.36. The lowest BCUT2D eigenvalue weighted by Crippen LogP contribution is -2.43. The van der Waals surface area contributed by atoms with Gasteiger partial charge in [0.2, 0.25) is 18.2 Å². The number of rotatable bonds is 18. The third kappa shape index (κ3) is 8.20. The number of H-pyrrole nitrogens is 2. The molecule has 7 aromatic rings. The minimum atomic E-state index is -0.677. The van der Waals surface area contributed by atoms with E-state index >= 15 is 0 Å². The normalized spacial score (nSPS) is 13.1. The maximum absolute atomic E-state index is 14.3. The largest absolute Gasteiger partial charge is 0.483 e. The molecule has 8 rings (SSSR count). The van der Waals surface area contributed by atoms with Gasteiger partial charge in [-0.15, -0.1) is 0 Å². The zero-order valence-electron chi connectivity index (χ0n) is 33.8. The molecule has 1 fully saturated rings. The van der Waals surface area contributed by atoms with Crippen molar-refractivity contribution in [2.45, 2.75) is 64.7 Å². The minimum absolute atomic E-state index is 0.0567. The predicted octanol–water partition coefficient (Wildman–Crippen LogP) is 7.96. The van der Waals surface area contributed by atoms with Crippen LogP contribution < -0.4 is 5.32 Å². The maximum Gasteiger partial charge on any atom is 0.250 e. The molecule has 0 saturated heterocycles. The van der Waals surface area contributed by atoms with Gasteiger partial charge >= 0.3 is 0 Å². The second-order valence-electron chi connectivity index (χ2n) is 15.3. The summed E-state index contributed by atoms with van der Waals surface area (Å²) < 4.78 is 5.05. The van der Waals surface area contributed by atoms with Crippen molar-refractivity contribution in [2.24, 2.45) is 0 Å². The van der Waals surface area contributed by atoms with E-state index in [4.69, 9.17) is 14.7 Å². The number of fused-ring (bicyclic) bond motifs is 6. The summed E-state index contributed by atoms with van der Waals surface area (Å²) in [5.41, 5.74) is 6.52. The molecular weight excluding hydrogens is 741 g/mol. The van der Waals surface area contributed by atoms with Crippen LogP contribution in [0.5, 0.6) is 0 Å². The van der Waals surface area contributed by atoms with Crippen LogP contribution in [0, 0.1) is 0 Å². The third-order valence-electron chi connectivity index (χ3n) is 11.1. The number of hydrogen-bond donors (Lipinski definition) is 3. The third-order valence-corrected chi connectivity index (χ3v) is 11.1. The van der Waals surface area contributed by atoms with E-state index in [1.165, 1.54) is 7.11 Å². The molecule has 5 aromatic carbocycles. The second kappa shape index (κ2) is 17.0. The maximum atomic E-state index is 14.3. The van der Waals surface area contributed by atoms with Gasteiger partial charge in [-0.05, 0) is 84.0 Å². The van der Waals surface area contributed by atoms with Crippen LogP contribution in [-0.2, 0) is 32.2 Å². The average molecular weight is 791 g/mol. The van der Waals surface area contributed by atoms with Crippen molar-refractivity contribution >= 4 is 61.8 Å². The summed E-state index contributed by atoms with van der Waals surface area (Å²) in [4.78, 5) is 61.8. The van der Waals surface area contributed by atoms with E-state index in [-0.39, 0.29) is 24.4 Å². The molecule has 0 spiro atoms. The van der Waals surface area contributed by atoms with Crippen molar-refractivity contribution in [1.82, 2.24) is 40.0 Å². The van der Waals surface area contributed by atoms with Crippen LogP contribution in [0.1, 0.15) is 62.8 Å². The Morgan fingerprint density at radius 3 is 1.90 bits per heavy atom. The predicted molar refractivity (Wildman–Crippen MR) is 232 cm³/mol. The molecule has 0 bridgehead atoms. The topological polar surface area (TPSA) is 140 Å². The smallest absolute Gasteiger partial charge is 0.250 e. The number of carbonyl (C=O) groups is 3.